The van der Waals surface area contributed by atoms with Crippen molar-refractivity contribution in [1.29, 1.82) is 0 Å². The second-order valence-electron chi connectivity index (χ2n) is 7.67. The highest BCUT2D eigenvalue weighted by atomic mass is 35.5. The van der Waals surface area contributed by atoms with Gasteiger partial charge in [-0.25, -0.2) is 9.78 Å². The molecule has 2 heterocycles. The van der Waals surface area contributed by atoms with Gasteiger partial charge in [0.2, 0.25) is 0 Å². The molecule has 0 saturated carbocycles. The molecule has 10 nitrogen and oxygen atoms in total. The molecule has 1 N–H and O–H groups in total. The van der Waals surface area contributed by atoms with Crippen LogP contribution in [0, 0.1) is 23.0 Å². The zero-order chi connectivity index (χ0) is 24.3. The number of aromatic nitrogens is 2. The maximum atomic E-state index is 12.7. The summed E-state index contributed by atoms with van der Waals surface area (Å²) in [5.74, 6) is -1.77. The van der Waals surface area contributed by atoms with E-state index in [1.165, 1.54) is 22.6 Å². The summed E-state index contributed by atoms with van der Waals surface area (Å²) in [4.78, 5) is 52.4. The number of halogens is 1. The fraction of sp³-hybridized carbons (Fsp3) is 0.273. The smallest absolute Gasteiger partial charge is 0.329 e. The van der Waals surface area contributed by atoms with Gasteiger partial charge in [-0.15, -0.1) is 0 Å². The largest absolute Gasteiger partial charge is 0.458 e. The van der Waals surface area contributed by atoms with E-state index in [4.69, 9.17) is 16.3 Å². The van der Waals surface area contributed by atoms with Crippen LogP contribution in [0.2, 0.25) is 5.02 Å². The van der Waals surface area contributed by atoms with Crippen LogP contribution in [-0.4, -0.2) is 32.2 Å². The van der Waals surface area contributed by atoms with Gasteiger partial charge in [-0.1, -0.05) is 31.5 Å². The molecule has 1 atom stereocenters. The third kappa shape index (κ3) is 5.35. The maximum absolute atomic E-state index is 12.7. The van der Waals surface area contributed by atoms with Gasteiger partial charge < -0.3 is 10.1 Å². The molecule has 0 aliphatic heterocycles. The Kier molecular flexibility index (Phi) is 7.07. The summed E-state index contributed by atoms with van der Waals surface area (Å²) in [7, 11) is 0. The number of carbonyl (C=O) groups is 2. The molecule has 2 aromatic heterocycles. The highest BCUT2D eigenvalue weighted by molar-refractivity contribution is 6.32. The molecule has 11 heteroatoms. The topological polar surface area (TPSA) is 133 Å². The lowest BCUT2D eigenvalue weighted by molar-refractivity contribution is -0.384. The number of hydrogen-bond donors (Lipinski definition) is 1. The molecule has 172 valence electrons. The van der Waals surface area contributed by atoms with E-state index in [-0.39, 0.29) is 34.4 Å². The van der Waals surface area contributed by atoms with Crippen molar-refractivity contribution in [3.8, 4) is 0 Å². The Morgan fingerprint density at radius 1 is 1.24 bits per heavy atom. The lowest BCUT2D eigenvalue weighted by atomic mass is 10.0. The molecule has 1 unspecified atom stereocenters. The van der Waals surface area contributed by atoms with Crippen LogP contribution in [0.4, 0.5) is 5.69 Å². The zero-order valence-corrected chi connectivity index (χ0v) is 18.8. The van der Waals surface area contributed by atoms with E-state index in [1.807, 2.05) is 0 Å². The molecule has 0 fully saturated rings. The molecule has 0 aliphatic carbocycles. The highest BCUT2D eigenvalue weighted by Crippen LogP contribution is 2.25. The highest BCUT2D eigenvalue weighted by Gasteiger charge is 2.27. The molecular formula is C22H21ClN4O6. The SMILES string of the molecule is Cc1cccc2nc(COC(=O)C(NC(=O)c3ccc(Cl)c([N+](=O)[O-])c3)C(C)C)cc(=O)n12. The van der Waals surface area contributed by atoms with Gasteiger partial charge in [0, 0.05) is 23.4 Å². The number of benzene rings is 1. The minimum atomic E-state index is -1.03. The van der Waals surface area contributed by atoms with Crippen LogP contribution in [-0.2, 0) is 16.1 Å². The average Bonchev–Trinajstić information content (AvgIpc) is 2.75. The second-order valence-corrected chi connectivity index (χ2v) is 8.08. The van der Waals surface area contributed by atoms with E-state index in [0.717, 1.165) is 11.8 Å². The van der Waals surface area contributed by atoms with Gasteiger partial charge in [0.25, 0.3) is 17.2 Å². The molecule has 0 radical (unpaired) electrons. The van der Waals surface area contributed by atoms with E-state index >= 15 is 0 Å². The summed E-state index contributed by atoms with van der Waals surface area (Å²) in [6.07, 6.45) is 0. The quantitative estimate of drug-likeness (QED) is 0.317. The first-order chi connectivity index (χ1) is 15.6. The molecule has 0 bridgehead atoms. The van der Waals surface area contributed by atoms with Crippen LogP contribution in [0.15, 0.2) is 47.3 Å². The zero-order valence-electron chi connectivity index (χ0n) is 18.1. The lowest BCUT2D eigenvalue weighted by Crippen LogP contribution is -2.45. The van der Waals surface area contributed by atoms with Crippen LogP contribution in [0.25, 0.3) is 5.65 Å². The summed E-state index contributed by atoms with van der Waals surface area (Å²) in [5, 5.41) is 13.5. The lowest BCUT2D eigenvalue weighted by Gasteiger charge is -2.21. The molecule has 1 amide bonds. The Morgan fingerprint density at radius 3 is 2.64 bits per heavy atom. The van der Waals surface area contributed by atoms with Gasteiger partial charge in [-0.3, -0.25) is 24.1 Å². The average molecular weight is 473 g/mol. The molecule has 33 heavy (non-hydrogen) atoms. The summed E-state index contributed by atoms with van der Waals surface area (Å²) < 4.78 is 6.75. The fourth-order valence-electron chi connectivity index (χ4n) is 3.19. The van der Waals surface area contributed by atoms with E-state index in [0.29, 0.717) is 5.65 Å². The summed E-state index contributed by atoms with van der Waals surface area (Å²) in [5.41, 5.74) is 0.662. The minimum absolute atomic E-state index is 0.0239. The monoisotopic (exact) mass is 472 g/mol. The third-order valence-electron chi connectivity index (χ3n) is 4.91. The number of amides is 1. The van der Waals surface area contributed by atoms with Gasteiger partial charge in [0.1, 0.15) is 23.3 Å². The normalized spacial score (nSPS) is 11.9. The van der Waals surface area contributed by atoms with Crippen LogP contribution in [0.5, 0.6) is 0 Å². The van der Waals surface area contributed by atoms with Gasteiger partial charge in [-0.05, 0) is 37.1 Å². The standard InChI is InChI=1S/C22H21ClN4O6/c1-12(2)20(25-21(29)14-7-8-16(23)17(9-14)27(31)32)22(30)33-11-15-10-19(28)26-13(3)5-4-6-18(26)24-15/h4-10,12,20H,11H2,1-3H3,(H,25,29). The first-order valence-electron chi connectivity index (χ1n) is 9.98. The third-order valence-corrected chi connectivity index (χ3v) is 5.23. The molecular weight excluding hydrogens is 452 g/mol. The molecule has 1 aromatic carbocycles. The van der Waals surface area contributed by atoms with E-state index < -0.39 is 28.5 Å². The minimum Gasteiger partial charge on any atom is -0.458 e. The maximum Gasteiger partial charge on any atom is 0.329 e. The Labute approximate surface area is 193 Å². The van der Waals surface area contributed by atoms with Gasteiger partial charge >= 0.3 is 5.97 Å². The summed E-state index contributed by atoms with van der Waals surface area (Å²) in [6.45, 7) is 4.94. The molecule has 0 saturated heterocycles. The van der Waals surface area contributed by atoms with Crippen LogP contribution in [0.3, 0.4) is 0 Å². The number of aryl methyl sites for hydroxylation is 1. The number of fused-ring (bicyclic) bond motifs is 1. The van der Waals surface area contributed by atoms with Gasteiger partial charge in [0.15, 0.2) is 0 Å². The number of rotatable bonds is 7. The van der Waals surface area contributed by atoms with Crippen molar-refractivity contribution in [2.45, 2.75) is 33.4 Å². The number of nitro benzene ring substituents is 1. The fourth-order valence-corrected chi connectivity index (χ4v) is 3.38. The van der Waals surface area contributed by atoms with Crippen molar-refractivity contribution < 1.29 is 19.2 Å². The van der Waals surface area contributed by atoms with Crippen LogP contribution >= 0.6 is 11.6 Å². The number of hydrogen-bond acceptors (Lipinski definition) is 7. The number of nitro groups is 1. The van der Waals surface area contributed by atoms with E-state index in [9.17, 15) is 24.5 Å². The second kappa shape index (κ2) is 9.78. The number of esters is 1. The Morgan fingerprint density at radius 2 is 1.97 bits per heavy atom. The summed E-state index contributed by atoms with van der Waals surface area (Å²) >= 11 is 5.78. The number of nitrogens with zero attached hydrogens (tertiary/aromatic N) is 3. The molecule has 0 spiro atoms. The summed E-state index contributed by atoms with van der Waals surface area (Å²) in [6, 6.07) is 9.06. The van der Waals surface area contributed by atoms with Crippen molar-refractivity contribution in [3.63, 3.8) is 0 Å². The first kappa shape index (κ1) is 23.9. The van der Waals surface area contributed by atoms with Crippen molar-refractivity contribution in [2.75, 3.05) is 0 Å². The van der Waals surface area contributed by atoms with E-state index in [1.54, 1.807) is 39.0 Å². The van der Waals surface area contributed by atoms with Crippen molar-refractivity contribution in [3.05, 3.63) is 84.9 Å². The van der Waals surface area contributed by atoms with E-state index in [2.05, 4.69) is 10.3 Å². The van der Waals surface area contributed by atoms with Crippen molar-refractivity contribution in [2.24, 2.45) is 5.92 Å². The number of nitrogens with one attached hydrogen (secondary N) is 1. The number of carbonyl (C=O) groups excluding carboxylic acids is 2. The molecule has 0 aliphatic rings. The Bertz CT molecular complexity index is 1300. The van der Waals surface area contributed by atoms with Crippen LogP contribution in [0.1, 0.15) is 35.6 Å². The Balaban J connectivity index is 1.74. The van der Waals surface area contributed by atoms with Crippen LogP contribution < -0.4 is 10.9 Å². The first-order valence-corrected chi connectivity index (χ1v) is 10.4. The number of ether oxygens (including phenoxy) is 1. The Hall–Kier alpha value is -3.79. The van der Waals surface area contributed by atoms with Crippen molar-refractivity contribution >= 4 is 34.8 Å². The predicted octanol–water partition coefficient (Wildman–Crippen LogP) is 3.06. The molecule has 3 aromatic rings. The van der Waals surface area contributed by atoms with Gasteiger partial charge in [-0.2, -0.15) is 0 Å². The molecule has 3 rings (SSSR count). The van der Waals surface area contributed by atoms with Crippen molar-refractivity contribution in [1.82, 2.24) is 14.7 Å². The number of pyridine rings is 1. The van der Waals surface area contributed by atoms with Gasteiger partial charge in [0.05, 0.1) is 10.6 Å². The predicted molar refractivity (Wildman–Crippen MR) is 120 cm³/mol.